The molecule has 7 heteroatoms. The van der Waals surface area contributed by atoms with Crippen molar-refractivity contribution < 1.29 is 28.7 Å². The predicted molar refractivity (Wildman–Crippen MR) is 67.7 cm³/mol. The van der Waals surface area contributed by atoms with Crippen LogP contribution >= 0.6 is 0 Å². The fourth-order valence-corrected chi connectivity index (χ4v) is 3.12. The van der Waals surface area contributed by atoms with Crippen LogP contribution < -0.4 is 0 Å². The van der Waals surface area contributed by atoms with Gasteiger partial charge in [-0.25, -0.2) is 0 Å². The zero-order valence-corrected chi connectivity index (χ0v) is 12.1. The number of unbranched alkanes of at least 4 members (excludes halogenated alkanes) is 1. The van der Waals surface area contributed by atoms with E-state index in [9.17, 15) is 9.59 Å². The lowest BCUT2D eigenvalue weighted by Crippen LogP contribution is -2.35. The standard InChI is InChI=1S/C11H22O6Si/c1-16-18(3,17-2)7-5-4-6-9(11(14)15)8-10(12)13/h9H,4-8H2,1-3H3,(H,12,13)(H,14,15). The van der Waals surface area contributed by atoms with Gasteiger partial charge in [0.15, 0.2) is 0 Å². The summed E-state index contributed by atoms with van der Waals surface area (Å²) in [7, 11) is 1.13. The molecule has 0 saturated heterocycles. The molecule has 0 radical (unpaired) electrons. The van der Waals surface area contributed by atoms with E-state index < -0.39 is 26.4 Å². The molecule has 0 fully saturated rings. The summed E-state index contributed by atoms with van der Waals surface area (Å²) >= 11 is 0. The topological polar surface area (TPSA) is 93.1 Å². The monoisotopic (exact) mass is 278 g/mol. The lowest BCUT2D eigenvalue weighted by molar-refractivity contribution is -0.148. The molecule has 0 aromatic heterocycles. The SMILES string of the molecule is CO[Si](C)(CCCCC(CC(=O)O)C(=O)O)OC. The molecule has 0 aromatic carbocycles. The zero-order chi connectivity index (χ0) is 14.2. The van der Waals surface area contributed by atoms with Crippen LogP contribution in [-0.4, -0.2) is 44.9 Å². The number of carboxylic acids is 2. The van der Waals surface area contributed by atoms with Crippen LogP contribution in [0, 0.1) is 5.92 Å². The van der Waals surface area contributed by atoms with Crippen LogP contribution in [0.25, 0.3) is 0 Å². The smallest absolute Gasteiger partial charge is 0.334 e. The zero-order valence-electron chi connectivity index (χ0n) is 11.1. The first kappa shape index (κ1) is 17.1. The molecule has 0 spiro atoms. The molecule has 0 amide bonds. The fraction of sp³-hybridized carbons (Fsp3) is 0.818. The summed E-state index contributed by atoms with van der Waals surface area (Å²) < 4.78 is 10.6. The van der Waals surface area contributed by atoms with E-state index in [0.29, 0.717) is 12.8 Å². The summed E-state index contributed by atoms with van der Waals surface area (Å²) in [4.78, 5) is 21.3. The second-order valence-electron chi connectivity index (χ2n) is 4.42. The highest BCUT2D eigenvalue weighted by molar-refractivity contribution is 6.65. The second kappa shape index (κ2) is 8.23. The average molecular weight is 278 g/mol. The van der Waals surface area contributed by atoms with E-state index in [-0.39, 0.29) is 6.42 Å². The van der Waals surface area contributed by atoms with E-state index >= 15 is 0 Å². The van der Waals surface area contributed by atoms with Gasteiger partial charge in [0, 0.05) is 14.2 Å². The van der Waals surface area contributed by atoms with Crippen molar-refractivity contribution in [3.05, 3.63) is 0 Å². The van der Waals surface area contributed by atoms with Crippen molar-refractivity contribution in [2.75, 3.05) is 14.2 Å². The van der Waals surface area contributed by atoms with Crippen molar-refractivity contribution in [2.24, 2.45) is 5.92 Å². The molecule has 0 aliphatic rings. The van der Waals surface area contributed by atoms with Crippen LogP contribution in [0.15, 0.2) is 0 Å². The fourth-order valence-electron chi connectivity index (χ4n) is 1.65. The molecule has 0 heterocycles. The van der Waals surface area contributed by atoms with Gasteiger partial charge in [-0.05, 0) is 19.0 Å². The van der Waals surface area contributed by atoms with Crippen molar-refractivity contribution in [3.63, 3.8) is 0 Å². The molecular weight excluding hydrogens is 256 g/mol. The molecule has 0 saturated carbocycles. The van der Waals surface area contributed by atoms with E-state index in [1.807, 2.05) is 6.55 Å². The highest BCUT2D eigenvalue weighted by Gasteiger charge is 2.28. The van der Waals surface area contributed by atoms with Gasteiger partial charge in [-0.15, -0.1) is 0 Å². The molecule has 6 nitrogen and oxygen atoms in total. The van der Waals surface area contributed by atoms with Crippen molar-refractivity contribution >= 4 is 20.5 Å². The van der Waals surface area contributed by atoms with Gasteiger partial charge in [0.05, 0.1) is 12.3 Å². The van der Waals surface area contributed by atoms with Gasteiger partial charge < -0.3 is 19.1 Å². The Morgan fingerprint density at radius 1 is 1.17 bits per heavy atom. The third-order valence-corrected chi connectivity index (χ3v) is 6.06. The van der Waals surface area contributed by atoms with Crippen molar-refractivity contribution in [1.82, 2.24) is 0 Å². The van der Waals surface area contributed by atoms with Crippen molar-refractivity contribution in [1.29, 1.82) is 0 Å². The molecule has 1 unspecified atom stereocenters. The van der Waals surface area contributed by atoms with E-state index in [1.165, 1.54) is 0 Å². The molecule has 1 atom stereocenters. The highest BCUT2D eigenvalue weighted by atomic mass is 28.4. The van der Waals surface area contributed by atoms with Gasteiger partial charge in [-0.1, -0.05) is 12.8 Å². The quantitative estimate of drug-likeness (QED) is 0.466. The maximum Gasteiger partial charge on any atom is 0.334 e. The number of carboxylic acid groups (broad SMARTS) is 2. The van der Waals surface area contributed by atoms with Gasteiger partial charge in [0.1, 0.15) is 0 Å². The van der Waals surface area contributed by atoms with Gasteiger partial charge >= 0.3 is 20.5 Å². The third-order valence-electron chi connectivity index (χ3n) is 3.07. The molecule has 0 bridgehead atoms. The molecular formula is C11H22O6Si. The Balaban J connectivity index is 4.00. The Labute approximate surface area is 108 Å². The summed E-state index contributed by atoms with van der Waals surface area (Å²) in [5.74, 6) is -2.92. The first-order valence-electron chi connectivity index (χ1n) is 5.89. The molecule has 18 heavy (non-hydrogen) atoms. The normalized spacial score (nSPS) is 13.3. The van der Waals surface area contributed by atoms with Gasteiger partial charge in [0.2, 0.25) is 0 Å². The summed E-state index contributed by atoms with van der Waals surface area (Å²) in [6.45, 7) is 1.94. The number of aliphatic carboxylic acids is 2. The minimum absolute atomic E-state index is 0.321. The summed E-state index contributed by atoms with van der Waals surface area (Å²) in [5, 5.41) is 17.5. The lowest BCUT2D eigenvalue weighted by Gasteiger charge is -2.22. The molecule has 106 valence electrons. The summed E-state index contributed by atoms with van der Waals surface area (Å²) in [5.41, 5.74) is 0. The van der Waals surface area contributed by atoms with Crippen LogP contribution in [0.2, 0.25) is 12.6 Å². The molecule has 0 aliphatic carbocycles. The van der Waals surface area contributed by atoms with Crippen LogP contribution in [0.3, 0.4) is 0 Å². The van der Waals surface area contributed by atoms with Gasteiger partial charge in [0.25, 0.3) is 0 Å². The van der Waals surface area contributed by atoms with Crippen LogP contribution in [0.5, 0.6) is 0 Å². The van der Waals surface area contributed by atoms with E-state index in [4.69, 9.17) is 19.1 Å². The van der Waals surface area contributed by atoms with E-state index in [1.54, 1.807) is 14.2 Å². The predicted octanol–water partition coefficient (Wildman–Crippen LogP) is 1.70. The Hall–Kier alpha value is -0.923. The maximum atomic E-state index is 10.8. The van der Waals surface area contributed by atoms with Crippen LogP contribution in [-0.2, 0) is 18.4 Å². The largest absolute Gasteiger partial charge is 0.481 e. The highest BCUT2D eigenvalue weighted by Crippen LogP contribution is 2.19. The van der Waals surface area contributed by atoms with Crippen molar-refractivity contribution in [3.8, 4) is 0 Å². The van der Waals surface area contributed by atoms with E-state index in [2.05, 4.69) is 0 Å². The average Bonchev–Trinajstić information content (AvgIpc) is 2.32. The number of hydrogen-bond acceptors (Lipinski definition) is 4. The summed E-state index contributed by atoms with van der Waals surface area (Å²) in [6, 6.07) is 0.777. The van der Waals surface area contributed by atoms with E-state index in [0.717, 1.165) is 12.5 Å². The van der Waals surface area contributed by atoms with Gasteiger partial charge in [-0.3, -0.25) is 9.59 Å². The van der Waals surface area contributed by atoms with Crippen molar-refractivity contribution in [2.45, 2.75) is 38.3 Å². The van der Waals surface area contributed by atoms with Gasteiger partial charge in [-0.2, -0.15) is 0 Å². The Morgan fingerprint density at radius 2 is 1.72 bits per heavy atom. The molecule has 2 N–H and O–H groups in total. The molecule has 0 aromatic rings. The molecule has 0 rings (SSSR count). The Kier molecular flexibility index (Phi) is 7.80. The minimum atomic E-state index is -2.09. The third kappa shape index (κ3) is 6.73. The lowest BCUT2D eigenvalue weighted by atomic mass is 9.99. The summed E-state index contributed by atoms with van der Waals surface area (Å²) in [6.07, 6.45) is 1.51. The minimum Gasteiger partial charge on any atom is -0.481 e. The first-order chi connectivity index (χ1) is 8.34. The number of hydrogen-bond donors (Lipinski definition) is 2. The Bertz CT molecular complexity index is 277. The number of carbonyl (C=O) groups is 2. The number of rotatable bonds is 10. The maximum absolute atomic E-state index is 10.8. The van der Waals surface area contributed by atoms with Crippen LogP contribution in [0.1, 0.15) is 25.7 Å². The Morgan fingerprint density at radius 3 is 2.11 bits per heavy atom. The van der Waals surface area contributed by atoms with Crippen LogP contribution in [0.4, 0.5) is 0 Å². The second-order valence-corrected chi connectivity index (χ2v) is 8.00. The first-order valence-corrected chi connectivity index (χ1v) is 8.42. The molecule has 0 aliphatic heterocycles.